The van der Waals surface area contributed by atoms with E-state index in [-0.39, 0.29) is 24.4 Å². The van der Waals surface area contributed by atoms with E-state index in [4.69, 9.17) is 5.73 Å². The SMILES string of the molecule is Cl.NCC1CCCN1C(=O)CSc1ccccc1. The van der Waals surface area contributed by atoms with Gasteiger partial charge in [0.2, 0.25) is 5.91 Å². The molecule has 2 N–H and O–H groups in total. The molecule has 1 unspecified atom stereocenters. The molecular weight excluding hydrogens is 268 g/mol. The molecule has 1 heterocycles. The third-order valence-electron chi connectivity index (χ3n) is 3.08. The number of rotatable bonds is 4. The molecule has 1 fully saturated rings. The van der Waals surface area contributed by atoms with Crippen molar-refractivity contribution in [3.05, 3.63) is 30.3 Å². The molecule has 3 nitrogen and oxygen atoms in total. The first-order valence-electron chi connectivity index (χ1n) is 5.98. The lowest BCUT2D eigenvalue weighted by molar-refractivity contribution is -0.128. The van der Waals surface area contributed by atoms with Gasteiger partial charge in [0.1, 0.15) is 0 Å². The fourth-order valence-electron chi connectivity index (χ4n) is 2.15. The third-order valence-corrected chi connectivity index (χ3v) is 4.07. The molecule has 1 saturated heterocycles. The van der Waals surface area contributed by atoms with Crippen molar-refractivity contribution in [2.45, 2.75) is 23.8 Å². The molecule has 1 amide bonds. The van der Waals surface area contributed by atoms with Crippen LogP contribution in [0.25, 0.3) is 0 Å². The van der Waals surface area contributed by atoms with Gasteiger partial charge in [-0.05, 0) is 25.0 Å². The summed E-state index contributed by atoms with van der Waals surface area (Å²) < 4.78 is 0. The molecule has 5 heteroatoms. The number of amides is 1. The number of carbonyl (C=O) groups excluding carboxylic acids is 1. The van der Waals surface area contributed by atoms with Gasteiger partial charge in [-0.15, -0.1) is 24.2 Å². The van der Waals surface area contributed by atoms with E-state index >= 15 is 0 Å². The number of thioether (sulfide) groups is 1. The Morgan fingerprint density at radius 2 is 2.11 bits per heavy atom. The van der Waals surface area contributed by atoms with Crippen LogP contribution in [0.5, 0.6) is 0 Å². The minimum Gasteiger partial charge on any atom is -0.338 e. The van der Waals surface area contributed by atoms with Crippen LogP contribution in [0.2, 0.25) is 0 Å². The molecule has 100 valence electrons. The predicted molar refractivity (Wildman–Crippen MR) is 78.2 cm³/mol. The summed E-state index contributed by atoms with van der Waals surface area (Å²) >= 11 is 1.60. The van der Waals surface area contributed by atoms with E-state index in [1.807, 2.05) is 35.2 Å². The summed E-state index contributed by atoms with van der Waals surface area (Å²) in [5, 5.41) is 0. The molecule has 0 bridgehead atoms. The Bertz CT molecular complexity index is 375. The molecule has 1 atom stereocenters. The molecule has 0 aromatic heterocycles. The summed E-state index contributed by atoms with van der Waals surface area (Å²) in [5.41, 5.74) is 5.67. The highest BCUT2D eigenvalue weighted by Crippen LogP contribution is 2.21. The Kier molecular flexibility index (Phi) is 6.54. The monoisotopic (exact) mass is 286 g/mol. The zero-order chi connectivity index (χ0) is 12.1. The highest BCUT2D eigenvalue weighted by molar-refractivity contribution is 8.00. The second-order valence-electron chi connectivity index (χ2n) is 4.22. The standard InChI is InChI=1S/C13H18N2OS.ClH/c14-9-11-5-4-8-15(11)13(16)10-17-12-6-2-1-3-7-12;/h1-3,6-7,11H,4-5,8-10,14H2;1H. The lowest BCUT2D eigenvalue weighted by Gasteiger charge is -2.23. The van der Waals surface area contributed by atoms with Crippen molar-refractivity contribution in [3.8, 4) is 0 Å². The van der Waals surface area contributed by atoms with Crippen molar-refractivity contribution in [1.82, 2.24) is 4.90 Å². The van der Waals surface area contributed by atoms with E-state index < -0.39 is 0 Å². The topological polar surface area (TPSA) is 46.3 Å². The molecule has 0 aliphatic carbocycles. The molecular formula is C13H19ClN2OS. The van der Waals surface area contributed by atoms with Crippen LogP contribution in [0.4, 0.5) is 0 Å². The zero-order valence-corrected chi connectivity index (χ0v) is 11.9. The largest absolute Gasteiger partial charge is 0.338 e. The average molecular weight is 287 g/mol. The van der Waals surface area contributed by atoms with Gasteiger partial charge in [0.15, 0.2) is 0 Å². The van der Waals surface area contributed by atoms with Crippen LogP contribution in [0.3, 0.4) is 0 Å². The van der Waals surface area contributed by atoms with Crippen LogP contribution in [0, 0.1) is 0 Å². The van der Waals surface area contributed by atoms with E-state index in [0.717, 1.165) is 24.3 Å². The Hall–Kier alpha value is -0.710. The average Bonchev–Trinajstić information content (AvgIpc) is 2.85. The first kappa shape index (κ1) is 15.3. The van der Waals surface area contributed by atoms with Crippen LogP contribution in [0.1, 0.15) is 12.8 Å². The highest BCUT2D eigenvalue weighted by atomic mass is 35.5. The van der Waals surface area contributed by atoms with Crippen molar-refractivity contribution in [2.24, 2.45) is 5.73 Å². The number of carbonyl (C=O) groups is 1. The molecule has 0 radical (unpaired) electrons. The van der Waals surface area contributed by atoms with Crippen LogP contribution in [0.15, 0.2) is 35.2 Å². The smallest absolute Gasteiger partial charge is 0.233 e. The minimum atomic E-state index is 0. The van der Waals surface area contributed by atoms with Crippen molar-refractivity contribution < 1.29 is 4.79 Å². The maximum absolute atomic E-state index is 12.0. The summed E-state index contributed by atoms with van der Waals surface area (Å²) in [6.45, 7) is 1.46. The lowest BCUT2D eigenvalue weighted by atomic mass is 10.2. The zero-order valence-electron chi connectivity index (χ0n) is 10.2. The van der Waals surface area contributed by atoms with Crippen molar-refractivity contribution in [1.29, 1.82) is 0 Å². The van der Waals surface area contributed by atoms with Gasteiger partial charge in [-0.25, -0.2) is 0 Å². The molecule has 1 aliphatic heterocycles. The van der Waals surface area contributed by atoms with Gasteiger partial charge in [-0.1, -0.05) is 18.2 Å². The Labute approximate surface area is 119 Å². The first-order valence-corrected chi connectivity index (χ1v) is 6.97. The van der Waals surface area contributed by atoms with Gasteiger partial charge in [0.25, 0.3) is 0 Å². The third kappa shape index (κ3) is 3.90. The number of nitrogens with zero attached hydrogens (tertiary/aromatic N) is 1. The molecule has 18 heavy (non-hydrogen) atoms. The Balaban J connectivity index is 0.00000162. The van der Waals surface area contributed by atoms with Crippen molar-refractivity contribution in [3.63, 3.8) is 0 Å². The van der Waals surface area contributed by atoms with E-state index in [1.165, 1.54) is 0 Å². The fraction of sp³-hybridized carbons (Fsp3) is 0.462. The molecule has 1 aromatic carbocycles. The predicted octanol–water partition coefficient (Wildman–Crippen LogP) is 2.15. The number of halogens is 1. The van der Waals surface area contributed by atoms with E-state index in [0.29, 0.717) is 12.3 Å². The quantitative estimate of drug-likeness (QED) is 0.863. The molecule has 2 rings (SSSR count). The number of hydrogen-bond donors (Lipinski definition) is 1. The van der Waals surface area contributed by atoms with Gasteiger partial charge < -0.3 is 10.6 Å². The maximum atomic E-state index is 12.0. The second-order valence-corrected chi connectivity index (χ2v) is 5.27. The number of benzene rings is 1. The van der Waals surface area contributed by atoms with Gasteiger partial charge in [0, 0.05) is 24.0 Å². The van der Waals surface area contributed by atoms with Crippen LogP contribution in [-0.2, 0) is 4.79 Å². The number of likely N-dealkylation sites (tertiary alicyclic amines) is 1. The molecule has 0 spiro atoms. The molecule has 0 saturated carbocycles. The van der Waals surface area contributed by atoms with Crippen LogP contribution >= 0.6 is 24.2 Å². The van der Waals surface area contributed by atoms with Crippen LogP contribution < -0.4 is 5.73 Å². The minimum absolute atomic E-state index is 0. The fourth-order valence-corrected chi connectivity index (χ4v) is 2.96. The number of nitrogens with two attached hydrogens (primary N) is 1. The Morgan fingerprint density at radius 1 is 1.39 bits per heavy atom. The molecule has 1 aromatic rings. The van der Waals surface area contributed by atoms with Gasteiger partial charge in [0.05, 0.1) is 5.75 Å². The maximum Gasteiger partial charge on any atom is 0.233 e. The van der Waals surface area contributed by atoms with E-state index in [1.54, 1.807) is 11.8 Å². The summed E-state index contributed by atoms with van der Waals surface area (Å²) in [4.78, 5) is 15.1. The molecule has 1 aliphatic rings. The Morgan fingerprint density at radius 3 is 2.78 bits per heavy atom. The second kappa shape index (κ2) is 7.67. The summed E-state index contributed by atoms with van der Waals surface area (Å²) in [6.07, 6.45) is 2.14. The van der Waals surface area contributed by atoms with Crippen molar-refractivity contribution >= 4 is 30.1 Å². The summed E-state index contributed by atoms with van der Waals surface area (Å²) in [5.74, 6) is 0.729. The first-order chi connectivity index (χ1) is 8.31. The van der Waals surface area contributed by atoms with Gasteiger partial charge in [-0.3, -0.25) is 4.79 Å². The van der Waals surface area contributed by atoms with Gasteiger partial charge in [-0.2, -0.15) is 0 Å². The summed E-state index contributed by atoms with van der Waals surface area (Å²) in [7, 11) is 0. The van der Waals surface area contributed by atoms with Gasteiger partial charge >= 0.3 is 0 Å². The van der Waals surface area contributed by atoms with Crippen LogP contribution in [-0.4, -0.2) is 35.7 Å². The van der Waals surface area contributed by atoms with Crippen molar-refractivity contribution in [2.75, 3.05) is 18.8 Å². The van der Waals surface area contributed by atoms with E-state index in [2.05, 4.69) is 0 Å². The number of hydrogen-bond acceptors (Lipinski definition) is 3. The van der Waals surface area contributed by atoms with E-state index in [9.17, 15) is 4.79 Å². The lowest BCUT2D eigenvalue weighted by Crippen LogP contribution is -2.40. The summed E-state index contributed by atoms with van der Waals surface area (Å²) in [6, 6.07) is 10.3. The highest BCUT2D eigenvalue weighted by Gasteiger charge is 2.27. The normalized spacial score (nSPS) is 18.5.